The molecule has 8 nitrogen and oxygen atoms in total. The SMILES string of the molecule is CCCCC/C=C/CC(CC(=O)OCC(O)CO)C(=O)OCC(O)CO. The predicted octanol–water partition coefficient (Wildman–Crippen LogP) is 0.312. The zero-order valence-electron chi connectivity index (χ0n) is 15.4. The second-order valence-corrected chi connectivity index (χ2v) is 6.09. The van der Waals surface area contributed by atoms with Crippen LogP contribution < -0.4 is 0 Å². The van der Waals surface area contributed by atoms with Crippen LogP contribution in [-0.2, 0) is 19.1 Å². The Kier molecular flexibility index (Phi) is 14.9. The molecule has 0 saturated carbocycles. The Morgan fingerprint density at radius 1 is 0.962 bits per heavy atom. The fourth-order valence-electron chi connectivity index (χ4n) is 2.00. The molecular formula is C18H32O8. The minimum absolute atomic E-state index is 0.245. The van der Waals surface area contributed by atoms with E-state index in [0.717, 1.165) is 25.7 Å². The van der Waals surface area contributed by atoms with E-state index >= 15 is 0 Å². The topological polar surface area (TPSA) is 134 Å². The summed E-state index contributed by atoms with van der Waals surface area (Å²) in [5.74, 6) is -2.15. The van der Waals surface area contributed by atoms with Gasteiger partial charge in [-0.1, -0.05) is 31.9 Å². The lowest BCUT2D eigenvalue weighted by Gasteiger charge is -2.16. The van der Waals surface area contributed by atoms with Gasteiger partial charge in [-0.25, -0.2) is 0 Å². The maximum Gasteiger partial charge on any atom is 0.309 e. The van der Waals surface area contributed by atoms with Gasteiger partial charge in [0.05, 0.1) is 25.6 Å². The third kappa shape index (κ3) is 12.8. The van der Waals surface area contributed by atoms with Gasteiger partial charge in [-0.2, -0.15) is 0 Å². The minimum atomic E-state index is -1.17. The highest BCUT2D eigenvalue weighted by Crippen LogP contribution is 2.14. The van der Waals surface area contributed by atoms with E-state index in [-0.39, 0.29) is 26.1 Å². The Labute approximate surface area is 154 Å². The van der Waals surface area contributed by atoms with Crippen molar-refractivity contribution in [2.75, 3.05) is 26.4 Å². The Morgan fingerprint density at radius 3 is 2.15 bits per heavy atom. The smallest absolute Gasteiger partial charge is 0.309 e. The molecule has 0 rings (SSSR count). The molecule has 26 heavy (non-hydrogen) atoms. The van der Waals surface area contributed by atoms with Gasteiger partial charge in [0.2, 0.25) is 0 Å². The van der Waals surface area contributed by atoms with Crippen molar-refractivity contribution in [3.05, 3.63) is 12.2 Å². The Bertz CT molecular complexity index is 410. The number of allylic oxidation sites excluding steroid dienone is 2. The van der Waals surface area contributed by atoms with Crippen molar-refractivity contribution < 1.29 is 39.5 Å². The average molecular weight is 376 g/mol. The van der Waals surface area contributed by atoms with Crippen molar-refractivity contribution in [2.24, 2.45) is 5.92 Å². The van der Waals surface area contributed by atoms with Crippen molar-refractivity contribution >= 4 is 11.9 Å². The molecule has 0 heterocycles. The zero-order chi connectivity index (χ0) is 19.8. The van der Waals surface area contributed by atoms with Gasteiger partial charge in [0.15, 0.2) is 0 Å². The lowest BCUT2D eigenvalue weighted by Crippen LogP contribution is -2.28. The number of rotatable bonds is 15. The highest BCUT2D eigenvalue weighted by molar-refractivity contribution is 5.80. The fourth-order valence-corrected chi connectivity index (χ4v) is 2.00. The third-order valence-corrected chi connectivity index (χ3v) is 3.58. The summed E-state index contributed by atoms with van der Waals surface area (Å²) in [5.41, 5.74) is 0. The zero-order valence-corrected chi connectivity index (χ0v) is 15.4. The molecule has 3 atom stereocenters. The molecule has 0 aromatic heterocycles. The molecule has 0 radical (unpaired) electrons. The molecule has 8 heteroatoms. The molecule has 0 aliphatic heterocycles. The molecule has 0 amide bonds. The molecule has 0 saturated heterocycles. The summed E-state index contributed by atoms with van der Waals surface area (Å²) in [6, 6.07) is 0. The van der Waals surface area contributed by atoms with E-state index < -0.39 is 43.3 Å². The van der Waals surface area contributed by atoms with E-state index in [1.54, 1.807) is 6.08 Å². The van der Waals surface area contributed by atoms with Crippen molar-refractivity contribution in [1.29, 1.82) is 0 Å². The van der Waals surface area contributed by atoms with Crippen LogP contribution in [0.3, 0.4) is 0 Å². The first-order valence-electron chi connectivity index (χ1n) is 8.99. The van der Waals surface area contributed by atoms with Gasteiger partial charge < -0.3 is 29.9 Å². The largest absolute Gasteiger partial charge is 0.463 e. The van der Waals surface area contributed by atoms with E-state index in [9.17, 15) is 19.8 Å². The summed E-state index contributed by atoms with van der Waals surface area (Å²) < 4.78 is 9.73. The van der Waals surface area contributed by atoms with E-state index in [4.69, 9.17) is 19.7 Å². The van der Waals surface area contributed by atoms with Gasteiger partial charge in [-0.05, 0) is 19.3 Å². The highest BCUT2D eigenvalue weighted by atomic mass is 16.6. The summed E-state index contributed by atoms with van der Waals surface area (Å²) in [6.07, 6.45) is 5.61. The van der Waals surface area contributed by atoms with Crippen LogP contribution in [0, 0.1) is 5.92 Å². The first-order chi connectivity index (χ1) is 12.4. The number of ether oxygens (including phenoxy) is 2. The lowest BCUT2D eigenvalue weighted by atomic mass is 10.0. The van der Waals surface area contributed by atoms with Gasteiger partial charge >= 0.3 is 11.9 Å². The highest BCUT2D eigenvalue weighted by Gasteiger charge is 2.24. The number of carbonyl (C=O) groups is 2. The monoisotopic (exact) mass is 376 g/mol. The third-order valence-electron chi connectivity index (χ3n) is 3.58. The van der Waals surface area contributed by atoms with Gasteiger partial charge in [-0.15, -0.1) is 0 Å². The molecule has 152 valence electrons. The maximum absolute atomic E-state index is 12.1. The first kappa shape index (κ1) is 24.5. The standard InChI is InChI=1S/C18H32O8/c1-2-3-4-5-6-7-8-14(18(24)26-13-16(22)11-20)9-17(23)25-12-15(21)10-19/h6-7,14-16,19-22H,2-5,8-13H2,1H3/b7-6+. The van der Waals surface area contributed by atoms with E-state index in [2.05, 4.69) is 6.92 Å². The second kappa shape index (κ2) is 15.7. The van der Waals surface area contributed by atoms with E-state index in [0.29, 0.717) is 0 Å². The van der Waals surface area contributed by atoms with Gasteiger partial charge in [0.1, 0.15) is 25.4 Å². The number of carbonyl (C=O) groups excluding carboxylic acids is 2. The number of esters is 2. The Morgan fingerprint density at radius 2 is 1.58 bits per heavy atom. The van der Waals surface area contributed by atoms with Crippen LogP contribution in [0.1, 0.15) is 45.4 Å². The van der Waals surface area contributed by atoms with Crippen LogP contribution in [-0.4, -0.2) is 71.0 Å². The van der Waals surface area contributed by atoms with Crippen LogP contribution in [0.5, 0.6) is 0 Å². The van der Waals surface area contributed by atoms with Gasteiger partial charge in [0, 0.05) is 0 Å². The van der Waals surface area contributed by atoms with Crippen LogP contribution in [0.15, 0.2) is 12.2 Å². The van der Waals surface area contributed by atoms with Crippen LogP contribution in [0.25, 0.3) is 0 Å². The maximum atomic E-state index is 12.1. The predicted molar refractivity (Wildman–Crippen MR) is 94.1 cm³/mol. The number of unbranched alkanes of at least 4 members (excludes halogenated alkanes) is 3. The molecule has 0 aliphatic rings. The van der Waals surface area contributed by atoms with Crippen molar-refractivity contribution in [1.82, 2.24) is 0 Å². The first-order valence-corrected chi connectivity index (χ1v) is 8.99. The normalized spacial score (nSPS) is 14.8. The minimum Gasteiger partial charge on any atom is -0.463 e. The summed E-state index contributed by atoms with van der Waals surface area (Å²) in [6.45, 7) is 0.335. The molecule has 0 bridgehead atoms. The van der Waals surface area contributed by atoms with Crippen molar-refractivity contribution in [2.45, 2.75) is 57.7 Å². The molecular weight excluding hydrogens is 344 g/mol. The number of hydrogen-bond acceptors (Lipinski definition) is 8. The lowest BCUT2D eigenvalue weighted by molar-refractivity contribution is -0.158. The van der Waals surface area contributed by atoms with Crippen molar-refractivity contribution in [3.8, 4) is 0 Å². The molecule has 0 spiro atoms. The van der Waals surface area contributed by atoms with Crippen LogP contribution in [0.4, 0.5) is 0 Å². The molecule has 3 unspecified atom stereocenters. The molecule has 4 N–H and O–H groups in total. The fraction of sp³-hybridized carbons (Fsp3) is 0.778. The average Bonchev–Trinajstić information content (AvgIpc) is 2.65. The summed E-state index contributed by atoms with van der Waals surface area (Å²) in [7, 11) is 0. The molecule has 0 fully saturated rings. The van der Waals surface area contributed by atoms with Gasteiger partial charge in [0.25, 0.3) is 0 Å². The molecule has 0 aromatic rings. The number of aliphatic hydroxyl groups excluding tert-OH is 4. The van der Waals surface area contributed by atoms with Crippen LogP contribution >= 0.6 is 0 Å². The number of hydrogen-bond donors (Lipinski definition) is 4. The Hall–Kier alpha value is -1.48. The molecule has 0 aromatic carbocycles. The summed E-state index contributed by atoms with van der Waals surface area (Å²) in [5, 5.41) is 35.9. The van der Waals surface area contributed by atoms with E-state index in [1.165, 1.54) is 0 Å². The van der Waals surface area contributed by atoms with E-state index in [1.807, 2.05) is 6.08 Å². The van der Waals surface area contributed by atoms with Gasteiger partial charge in [-0.3, -0.25) is 9.59 Å². The van der Waals surface area contributed by atoms with Crippen LogP contribution in [0.2, 0.25) is 0 Å². The number of aliphatic hydroxyl groups is 4. The summed E-state index contributed by atoms with van der Waals surface area (Å²) in [4.78, 5) is 23.9. The second-order valence-electron chi connectivity index (χ2n) is 6.09. The Balaban J connectivity index is 4.55. The molecule has 0 aliphatic carbocycles. The van der Waals surface area contributed by atoms with Crippen molar-refractivity contribution in [3.63, 3.8) is 0 Å². The quantitative estimate of drug-likeness (QED) is 0.182. The summed E-state index contributed by atoms with van der Waals surface area (Å²) >= 11 is 0.